The standard InChI is InChI=1S/C22H42O3/c1-6-22(14-8-7-9-15-22)25-20(23)16-24-19-12-10-18(11-13-19)17(2)21(3,4)5/h17-20,23H,6-16H2,1-5H3. The fourth-order valence-electron chi connectivity index (χ4n) is 4.75. The van der Waals surface area contributed by atoms with Gasteiger partial charge in [-0.2, -0.15) is 0 Å². The van der Waals surface area contributed by atoms with E-state index in [4.69, 9.17) is 9.47 Å². The van der Waals surface area contributed by atoms with Crippen molar-refractivity contribution in [1.82, 2.24) is 0 Å². The first-order chi connectivity index (χ1) is 11.8. The smallest absolute Gasteiger partial charge is 0.178 e. The van der Waals surface area contributed by atoms with Crippen LogP contribution in [0.1, 0.15) is 98.8 Å². The van der Waals surface area contributed by atoms with E-state index in [1.54, 1.807) is 0 Å². The van der Waals surface area contributed by atoms with Gasteiger partial charge in [0, 0.05) is 0 Å². The molecule has 2 fully saturated rings. The van der Waals surface area contributed by atoms with Gasteiger partial charge in [0.15, 0.2) is 6.29 Å². The SMILES string of the molecule is CCC1(OC(O)COC2CCC(C(C)C(C)(C)C)CC2)CCCCC1. The van der Waals surface area contributed by atoms with E-state index < -0.39 is 6.29 Å². The van der Waals surface area contributed by atoms with Crippen molar-refractivity contribution in [2.45, 2.75) is 117 Å². The minimum absolute atomic E-state index is 0.110. The molecule has 0 bridgehead atoms. The van der Waals surface area contributed by atoms with Crippen LogP contribution in [0.3, 0.4) is 0 Å². The summed E-state index contributed by atoms with van der Waals surface area (Å²) in [5.41, 5.74) is 0.275. The Balaban J connectivity index is 1.70. The maximum Gasteiger partial charge on any atom is 0.178 e. The molecule has 2 aliphatic rings. The quantitative estimate of drug-likeness (QED) is 0.597. The Labute approximate surface area is 155 Å². The molecule has 25 heavy (non-hydrogen) atoms. The molecule has 2 atom stereocenters. The van der Waals surface area contributed by atoms with E-state index in [2.05, 4.69) is 34.6 Å². The minimum atomic E-state index is -0.774. The molecule has 148 valence electrons. The van der Waals surface area contributed by atoms with Crippen molar-refractivity contribution in [1.29, 1.82) is 0 Å². The van der Waals surface area contributed by atoms with Gasteiger partial charge < -0.3 is 14.6 Å². The van der Waals surface area contributed by atoms with Gasteiger partial charge >= 0.3 is 0 Å². The fourth-order valence-corrected chi connectivity index (χ4v) is 4.75. The zero-order valence-electron chi connectivity index (χ0n) is 17.4. The lowest BCUT2D eigenvalue weighted by molar-refractivity contribution is -0.224. The second kappa shape index (κ2) is 9.19. The topological polar surface area (TPSA) is 38.7 Å². The molecule has 0 aromatic heterocycles. The zero-order valence-corrected chi connectivity index (χ0v) is 17.4. The lowest BCUT2D eigenvalue weighted by Gasteiger charge is -2.40. The number of rotatable bonds is 7. The summed E-state index contributed by atoms with van der Waals surface area (Å²) >= 11 is 0. The van der Waals surface area contributed by atoms with E-state index in [-0.39, 0.29) is 5.60 Å². The number of hydrogen-bond acceptors (Lipinski definition) is 3. The molecule has 1 N–H and O–H groups in total. The molecule has 0 spiro atoms. The van der Waals surface area contributed by atoms with Crippen LogP contribution < -0.4 is 0 Å². The second-order valence-corrected chi connectivity index (χ2v) is 9.69. The van der Waals surface area contributed by atoms with E-state index in [0.717, 1.165) is 43.9 Å². The van der Waals surface area contributed by atoms with E-state index in [1.807, 2.05) is 0 Å². The summed E-state index contributed by atoms with van der Waals surface area (Å²) in [7, 11) is 0. The van der Waals surface area contributed by atoms with Gasteiger partial charge in [-0.3, -0.25) is 0 Å². The third kappa shape index (κ3) is 6.22. The lowest BCUT2D eigenvalue weighted by atomic mass is 9.69. The highest BCUT2D eigenvalue weighted by Crippen LogP contribution is 2.40. The Bertz CT molecular complexity index is 373. The molecule has 2 unspecified atom stereocenters. The van der Waals surface area contributed by atoms with Gasteiger partial charge in [-0.15, -0.1) is 0 Å². The predicted molar refractivity (Wildman–Crippen MR) is 104 cm³/mol. The molecule has 3 heteroatoms. The summed E-state index contributed by atoms with van der Waals surface area (Å²) < 4.78 is 12.1. The lowest BCUT2D eigenvalue weighted by Crippen LogP contribution is -2.40. The first-order valence-electron chi connectivity index (χ1n) is 10.7. The second-order valence-electron chi connectivity index (χ2n) is 9.69. The van der Waals surface area contributed by atoms with Gasteiger partial charge in [-0.05, 0) is 62.2 Å². The van der Waals surface area contributed by atoms with Crippen LogP contribution in [0.5, 0.6) is 0 Å². The Hall–Kier alpha value is -0.120. The first kappa shape index (κ1) is 21.2. The van der Waals surface area contributed by atoms with Crippen molar-refractivity contribution in [2.75, 3.05) is 6.61 Å². The molecule has 2 rings (SSSR count). The van der Waals surface area contributed by atoms with Gasteiger partial charge in [-0.1, -0.05) is 53.9 Å². The summed E-state index contributed by atoms with van der Waals surface area (Å²) in [6, 6.07) is 0. The van der Waals surface area contributed by atoms with E-state index >= 15 is 0 Å². The van der Waals surface area contributed by atoms with E-state index in [1.165, 1.54) is 32.1 Å². The van der Waals surface area contributed by atoms with Crippen LogP contribution in [0.2, 0.25) is 0 Å². The van der Waals surface area contributed by atoms with Crippen LogP contribution in [0.15, 0.2) is 0 Å². The number of hydrogen-bond donors (Lipinski definition) is 1. The number of aliphatic hydroxyl groups excluding tert-OH is 1. The van der Waals surface area contributed by atoms with Crippen LogP contribution in [0.4, 0.5) is 0 Å². The molecule has 2 aliphatic carbocycles. The van der Waals surface area contributed by atoms with Crippen molar-refractivity contribution in [3.8, 4) is 0 Å². The van der Waals surface area contributed by atoms with Crippen molar-refractivity contribution in [2.24, 2.45) is 17.3 Å². The Morgan fingerprint density at radius 3 is 2.16 bits per heavy atom. The molecule has 0 amide bonds. The molecule has 3 nitrogen and oxygen atoms in total. The van der Waals surface area contributed by atoms with Gasteiger partial charge in [0.05, 0.1) is 18.3 Å². The highest BCUT2D eigenvalue weighted by Gasteiger charge is 2.35. The molecule has 0 saturated heterocycles. The third-order valence-electron chi connectivity index (χ3n) is 7.06. The largest absolute Gasteiger partial charge is 0.373 e. The van der Waals surface area contributed by atoms with Gasteiger partial charge in [0.1, 0.15) is 0 Å². The highest BCUT2D eigenvalue weighted by molar-refractivity contribution is 4.84. The van der Waals surface area contributed by atoms with Crippen molar-refractivity contribution in [3.63, 3.8) is 0 Å². The average Bonchev–Trinajstić information content (AvgIpc) is 2.60. The maximum atomic E-state index is 10.3. The number of aliphatic hydroxyl groups is 1. The monoisotopic (exact) mass is 354 g/mol. The summed E-state index contributed by atoms with van der Waals surface area (Å²) in [6.07, 6.45) is 11.1. The molecule has 0 aliphatic heterocycles. The van der Waals surface area contributed by atoms with E-state index in [9.17, 15) is 5.11 Å². The maximum absolute atomic E-state index is 10.3. The number of ether oxygens (including phenoxy) is 2. The normalized spacial score (nSPS) is 30.0. The fraction of sp³-hybridized carbons (Fsp3) is 1.00. The molecule has 0 radical (unpaired) electrons. The van der Waals surface area contributed by atoms with Gasteiger partial charge in [0.2, 0.25) is 0 Å². The Morgan fingerprint density at radius 1 is 1.04 bits per heavy atom. The molecule has 2 saturated carbocycles. The van der Waals surface area contributed by atoms with Crippen molar-refractivity contribution < 1.29 is 14.6 Å². The molecular weight excluding hydrogens is 312 g/mol. The molecule has 0 heterocycles. The predicted octanol–water partition coefficient (Wildman–Crippen LogP) is 5.69. The third-order valence-corrected chi connectivity index (χ3v) is 7.06. The molecule has 0 aromatic rings. The van der Waals surface area contributed by atoms with Crippen molar-refractivity contribution in [3.05, 3.63) is 0 Å². The summed E-state index contributed by atoms with van der Waals surface area (Å²) in [4.78, 5) is 0. The Kier molecular flexibility index (Phi) is 7.79. The molecule has 0 aromatic carbocycles. The summed E-state index contributed by atoms with van der Waals surface area (Å²) in [5, 5.41) is 10.3. The van der Waals surface area contributed by atoms with Crippen molar-refractivity contribution >= 4 is 0 Å². The van der Waals surface area contributed by atoms with Crippen LogP contribution in [0, 0.1) is 17.3 Å². The van der Waals surface area contributed by atoms with Crippen LogP contribution in [-0.2, 0) is 9.47 Å². The zero-order chi connectivity index (χ0) is 18.5. The Morgan fingerprint density at radius 2 is 1.64 bits per heavy atom. The summed E-state index contributed by atoms with van der Waals surface area (Å²) in [6.45, 7) is 12.0. The van der Waals surface area contributed by atoms with E-state index in [0.29, 0.717) is 18.1 Å². The van der Waals surface area contributed by atoms with Crippen LogP contribution >= 0.6 is 0 Å². The van der Waals surface area contributed by atoms with Gasteiger partial charge in [0.25, 0.3) is 0 Å². The van der Waals surface area contributed by atoms with Gasteiger partial charge in [-0.25, -0.2) is 0 Å². The average molecular weight is 355 g/mol. The molecular formula is C22H42O3. The first-order valence-corrected chi connectivity index (χ1v) is 10.7. The minimum Gasteiger partial charge on any atom is -0.373 e. The highest BCUT2D eigenvalue weighted by atomic mass is 16.6. The van der Waals surface area contributed by atoms with Crippen LogP contribution in [-0.4, -0.2) is 29.7 Å². The summed E-state index contributed by atoms with van der Waals surface area (Å²) in [5.74, 6) is 1.56. The van der Waals surface area contributed by atoms with Crippen LogP contribution in [0.25, 0.3) is 0 Å².